The Morgan fingerprint density at radius 1 is 1.29 bits per heavy atom. The van der Waals surface area contributed by atoms with Gasteiger partial charge in [0.15, 0.2) is 0 Å². The number of rotatable bonds is 7. The summed E-state index contributed by atoms with van der Waals surface area (Å²) in [4.78, 5) is 2.48. The smallest absolute Gasteiger partial charge is 0.0104 e. The number of hydrogen-bond donors (Lipinski definition) is 1. The topological polar surface area (TPSA) is 15.3 Å². The van der Waals surface area contributed by atoms with E-state index in [0.29, 0.717) is 0 Å². The largest absolute Gasteiger partial charge is 0.313 e. The summed E-state index contributed by atoms with van der Waals surface area (Å²) in [6, 6.07) is 0.865. The predicted octanol–water partition coefficient (Wildman–Crippen LogP) is 1.72. The van der Waals surface area contributed by atoms with Crippen LogP contribution in [0.15, 0.2) is 0 Å². The van der Waals surface area contributed by atoms with Gasteiger partial charge < -0.3 is 10.2 Å². The molecule has 2 nitrogen and oxygen atoms in total. The highest BCUT2D eigenvalue weighted by Crippen LogP contribution is 2.36. The molecule has 14 heavy (non-hydrogen) atoms. The summed E-state index contributed by atoms with van der Waals surface area (Å²) in [7, 11) is 2.26. The summed E-state index contributed by atoms with van der Waals surface area (Å²) >= 11 is 0. The minimum atomic E-state index is 0.865. The van der Waals surface area contributed by atoms with Crippen molar-refractivity contribution in [3.8, 4) is 0 Å². The van der Waals surface area contributed by atoms with Crippen molar-refractivity contribution in [3.05, 3.63) is 0 Å². The summed E-state index contributed by atoms with van der Waals surface area (Å²) < 4.78 is 0. The van der Waals surface area contributed by atoms with Gasteiger partial charge in [-0.3, -0.25) is 0 Å². The third kappa shape index (κ3) is 3.58. The fraction of sp³-hybridized carbons (Fsp3) is 1.00. The van der Waals surface area contributed by atoms with Crippen LogP contribution in [-0.4, -0.2) is 37.6 Å². The fourth-order valence-corrected chi connectivity index (χ4v) is 2.14. The molecular weight excluding hydrogens is 172 g/mol. The maximum atomic E-state index is 3.56. The molecule has 0 aromatic carbocycles. The second kappa shape index (κ2) is 4.63. The summed E-state index contributed by atoms with van der Waals surface area (Å²) in [5.41, 5.74) is 0. The first-order valence-corrected chi connectivity index (χ1v) is 6.17. The zero-order valence-corrected chi connectivity index (χ0v) is 9.63. The molecule has 2 aliphatic carbocycles. The van der Waals surface area contributed by atoms with Crippen LogP contribution >= 0.6 is 0 Å². The molecule has 2 heteroatoms. The van der Waals surface area contributed by atoms with Gasteiger partial charge in [-0.15, -0.1) is 0 Å². The Bertz CT molecular complexity index is 173. The lowest BCUT2D eigenvalue weighted by Gasteiger charge is -2.21. The van der Waals surface area contributed by atoms with Gasteiger partial charge in [0.1, 0.15) is 0 Å². The normalized spacial score (nSPS) is 24.2. The van der Waals surface area contributed by atoms with Gasteiger partial charge in [-0.05, 0) is 44.6 Å². The van der Waals surface area contributed by atoms with Crippen LogP contribution in [0.25, 0.3) is 0 Å². The van der Waals surface area contributed by atoms with Crippen LogP contribution in [0.4, 0.5) is 0 Å². The molecule has 0 bridgehead atoms. The Morgan fingerprint density at radius 2 is 2.00 bits per heavy atom. The van der Waals surface area contributed by atoms with E-state index in [1.165, 1.54) is 45.3 Å². The Hall–Kier alpha value is -0.0800. The average Bonchev–Trinajstić information content (AvgIpc) is 3.00. The molecule has 2 fully saturated rings. The Balaban J connectivity index is 1.50. The third-order valence-corrected chi connectivity index (χ3v) is 3.53. The molecule has 2 aliphatic rings. The van der Waals surface area contributed by atoms with Crippen molar-refractivity contribution >= 4 is 0 Å². The fourth-order valence-electron chi connectivity index (χ4n) is 2.14. The first kappa shape index (κ1) is 10.4. The first-order chi connectivity index (χ1) is 6.75. The van der Waals surface area contributed by atoms with Crippen LogP contribution in [0.2, 0.25) is 0 Å². The van der Waals surface area contributed by atoms with Crippen molar-refractivity contribution in [3.63, 3.8) is 0 Å². The zero-order valence-electron chi connectivity index (χ0n) is 9.63. The monoisotopic (exact) mass is 196 g/mol. The lowest BCUT2D eigenvalue weighted by molar-refractivity contribution is 0.270. The van der Waals surface area contributed by atoms with Crippen LogP contribution in [0.1, 0.15) is 32.6 Å². The SMILES string of the molecule is CC(CN(C)CCNC1CC1)C1CC1. The molecule has 2 saturated carbocycles. The molecule has 0 aromatic heterocycles. The van der Waals surface area contributed by atoms with Crippen molar-refractivity contribution in [2.45, 2.75) is 38.6 Å². The molecule has 1 N–H and O–H groups in total. The summed E-state index contributed by atoms with van der Waals surface area (Å²) in [6.45, 7) is 6.09. The maximum Gasteiger partial charge on any atom is 0.0104 e. The van der Waals surface area contributed by atoms with E-state index in [-0.39, 0.29) is 0 Å². The van der Waals surface area contributed by atoms with Gasteiger partial charge in [0, 0.05) is 25.7 Å². The Labute approximate surface area is 88.1 Å². The summed E-state index contributed by atoms with van der Waals surface area (Å²) in [6.07, 6.45) is 5.77. The first-order valence-electron chi connectivity index (χ1n) is 6.17. The minimum absolute atomic E-state index is 0.865. The molecule has 82 valence electrons. The molecule has 0 aromatic rings. The minimum Gasteiger partial charge on any atom is -0.313 e. The van der Waals surface area contributed by atoms with E-state index >= 15 is 0 Å². The molecule has 0 aliphatic heterocycles. The van der Waals surface area contributed by atoms with Gasteiger partial charge in [-0.1, -0.05) is 6.92 Å². The predicted molar refractivity (Wildman–Crippen MR) is 60.4 cm³/mol. The van der Waals surface area contributed by atoms with E-state index in [1.54, 1.807) is 0 Å². The highest BCUT2D eigenvalue weighted by molar-refractivity contribution is 4.82. The Morgan fingerprint density at radius 3 is 2.57 bits per heavy atom. The number of nitrogens with zero attached hydrogens (tertiary/aromatic N) is 1. The van der Waals surface area contributed by atoms with E-state index in [1.807, 2.05) is 0 Å². The molecule has 2 rings (SSSR count). The van der Waals surface area contributed by atoms with Crippen molar-refractivity contribution in [1.29, 1.82) is 0 Å². The van der Waals surface area contributed by atoms with E-state index in [0.717, 1.165) is 17.9 Å². The highest BCUT2D eigenvalue weighted by atomic mass is 15.1. The van der Waals surface area contributed by atoms with Crippen LogP contribution in [-0.2, 0) is 0 Å². The molecule has 1 atom stereocenters. The highest BCUT2D eigenvalue weighted by Gasteiger charge is 2.28. The molecule has 0 saturated heterocycles. The van der Waals surface area contributed by atoms with Crippen molar-refractivity contribution in [2.24, 2.45) is 11.8 Å². The molecule has 0 amide bonds. The quantitative estimate of drug-likeness (QED) is 0.667. The van der Waals surface area contributed by atoms with Gasteiger partial charge in [0.25, 0.3) is 0 Å². The van der Waals surface area contributed by atoms with Crippen molar-refractivity contribution < 1.29 is 0 Å². The van der Waals surface area contributed by atoms with Gasteiger partial charge in [-0.2, -0.15) is 0 Å². The molecule has 0 spiro atoms. The average molecular weight is 196 g/mol. The molecule has 0 radical (unpaired) electrons. The Kier molecular flexibility index (Phi) is 3.45. The number of likely N-dealkylation sites (N-methyl/N-ethyl adjacent to an activating group) is 1. The second-order valence-corrected chi connectivity index (χ2v) is 5.31. The van der Waals surface area contributed by atoms with E-state index in [9.17, 15) is 0 Å². The van der Waals surface area contributed by atoms with Crippen molar-refractivity contribution in [1.82, 2.24) is 10.2 Å². The van der Waals surface area contributed by atoms with E-state index < -0.39 is 0 Å². The second-order valence-electron chi connectivity index (χ2n) is 5.31. The molecular formula is C12H24N2. The maximum absolute atomic E-state index is 3.56. The van der Waals surface area contributed by atoms with Crippen LogP contribution in [0, 0.1) is 11.8 Å². The van der Waals surface area contributed by atoms with Crippen molar-refractivity contribution in [2.75, 3.05) is 26.7 Å². The lowest BCUT2D eigenvalue weighted by atomic mass is 10.1. The zero-order chi connectivity index (χ0) is 9.97. The third-order valence-electron chi connectivity index (χ3n) is 3.53. The van der Waals surface area contributed by atoms with E-state index in [2.05, 4.69) is 24.2 Å². The number of hydrogen-bond acceptors (Lipinski definition) is 2. The molecule has 1 unspecified atom stereocenters. The van der Waals surface area contributed by atoms with Gasteiger partial charge in [0.05, 0.1) is 0 Å². The van der Waals surface area contributed by atoms with Gasteiger partial charge in [0.2, 0.25) is 0 Å². The van der Waals surface area contributed by atoms with Crippen LogP contribution < -0.4 is 5.32 Å². The van der Waals surface area contributed by atoms with E-state index in [4.69, 9.17) is 0 Å². The summed E-state index contributed by atoms with van der Waals surface area (Å²) in [5.74, 6) is 1.97. The summed E-state index contributed by atoms with van der Waals surface area (Å²) in [5, 5.41) is 3.56. The standard InChI is InChI=1S/C12H24N2/c1-10(11-3-4-11)9-14(2)8-7-13-12-5-6-12/h10-13H,3-9H2,1-2H3. The lowest BCUT2D eigenvalue weighted by Crippen LogP contribution is -2.33. The van der Waals surface area contributed by atoms with Crippen LogP contribution in [0.3, 0.4) is 0 Å². The molecule has 0 heterocycles. The van der Waals surface area contributed by atoms with Crippen LogP contribution in [0.5, 0.6) is 0 Å². The van der Waals surface area contributed by atoms with Gasteiger partial charge in [-0.25, -0.2) is 0 Å². The number of nitrogens with one attached hydrogen (secondary N) is 1. The van der Waals surface area contributed by atoms with Gasteiger partial charge >= 0.3 is 0 Å².